The Kier molecular flexibility index (Phi) is 5.66. The summed E-state index contributed by atoms with van der Waals surface area (Å²) in [6, 6.07) is 10.1. The molecule has 0 bridgehead atoms. The maximum Gasteiger partial charge on any atom is 0.397 e. The molecule has 3 rings (SSSR count). The number of carbonyl (C=O) groups excluding carboxylic acids is 2. The van der Waals surface area contributed by atoms with Gasteiger partial charge in [0.15, 0.2) is 5.82 Å². The maximum absolute atomic E-state index is 12.3. The van der Waals surface area contributed by atoms with Gasteiger partial charge in [0.2, 0.25) is 5.91 Å². The van der Waals surface area contributed by atoms with Crippen LogP contribution in [0.3, 0.4) is 0 Å². The fourth-order valence-corrected chi connectivity index (χ4v) is 2.61. The number of urea groups is 1. The molecule has 29 heavy (non-hydrogen) atoms. The van der Waals surface area contributed by atoms with Gasteiger partial charge in [-0.05, 0) is 12.5 Å². The summed E-state index contributed by atoms with van der Waals surface area (Å²) >= 11 is 0. The topological polar surface area (TPSA) is 112 Å². The van der Waals surface area contributed by atoms with Crippen LogP contribution in [-0.2, 0) is 4.79 Å². The number of benzene rings is 1. The predicted molar refractivity (Wildman–Crippen MR) is 100 cm³/mol. The summed E-state index contributed by atoms with van der Waals surface area (Å²) in [7, 11) is 0. The molecule has 0 unspecified atom stereocenters. The molecule has 1 atom stereocenters. The smallest absolute Gasteiger partial charge is 0.331 e. The fourth-order valence-electron chi connectivity index (χ4n) is 2.61. The molecule has 3 amide bonds. The first-order valence-corrected chi connectivity index (χ1v) is 8.54. The van der Waals surface area contributed by atoms with Crippen LogP contribution in [0.15, 0.2) is 42.6 Å². The molecule has 0 aliphatic heterocycles. The molecule has 4 N–H and O–H groups in total. The lowest BCUT2D eigenvalue weighted by molar-refractivity contribution is -0.150. The molecular weight excluding hydrogens is 389 g/mol. The van der Waals surface area contributed by atoms with E-state index >= 15 is 0 Å². The van der Waals surface area contributed by atoms with Crippen molar-refractivity contribution in [3.63, 3.8) is 0 Å². The molecule has 0 radical (unpaired) electrons. The van der Waals surface area contributed by atoms with Gasteiger partial charge < -0.3 is 10.6 Å². The molecule has 0 aliphatic carbocycles. The third-order valence-corrected chi connectivity index (χ3v) is 3.95. The standard InChI is InChI=1S/C18H17F3N6O2/c1-10(11-5-3-2-4-6-11)23-17(29)24-14-7-13-12(9-22-14)16(27-26-13)25-15(28)8-18(19,20)21/h2-7,9-10H,8H2,1H3,(H2,22,23,24,29)(H2,25,26,27,28)/t10-/m1/s1. The summed E-state index contributed by atoms with van der Waals surface area (Å²) in [4.78, 5) is 27.6. The minimum absolute atomic E-state index is 0.0737. The second-order valence-electron chi connectivity index (χ2n) is 6.26. The van der Waals surface area contributed by atoms with Crippen LogP contribution in [0.25, 0.3) is 10.9 Å². The van der Waals surface area contributed by atoms with Crippen molar-refractivity contribution in [3.8, 4) is 0 Å². The second-order valence-corrected chi connectivity index (χ2v) is 6.26. The molecule has 0 spiro atoms. The number of H-pyrrole nitrogens is 1. The van der Waals surface area contributed by atoms with Crippen LogP contribution in [0.4, 0.5) is 29.6 Å². The third kappa shape index (κ3) is 5.43. The van der Waals surface area contributed by atoms with E-state index in [9.17, 15) is 22.8 Å². The third-order valence-electron chi connectivity index (χ3n) is 3.95. The minimum Gasteiger partial charge on any atom is -0.331 e. The van der Waals surface area contributed by atoms with Gasteiger partial charge in [0.1, 0.15) is 12.2 Å². The van der Waals surface area contributed by atoms with Crippen molar-refractivity contribution in [2.24, 2.45) is 0 Å². The lowest BCUT2D eigenvalue weighted by Crippen LogP contribution is -2.31. The van der Waals surface area contributed by atoms with Crippen molar-refractivity contribution in [1.29, 1.82) is 0 Å². The van der Waals surface area contributed by atoms with Gasteiger partial charge in [-0.1, -0.05) is 30.3 Å². The highest BCUT2D eigenvalue weighted by Crippen LogP contribution is 2.24. The highest BCUT2D eigenvalue weighted by Gasteiger charge is 2.31. The highest BCUT2D eigenvalue weighted by atomic mass is 19.4. The fraction of sp³-hybridized carbons (Fsp3) is 0.222. The minimum atomic E-state index is -4.62. The summed E-state index contributed by atoms with van der Waals surface area (Å²) in [5.41, 5.74) is 1.31. The van der Waals surface area contributed by atoms with Crippen molar-refractivity contribution in [1.82, 2.24) is 20.5 Å². The van der Waals surface area contributed by atoms with Crippen molar-refractivity contribution in [2.45, 2.75) is 25.6 Å². The van der Waals surface area contributed by atoms with Crippen LogP contribution >= 0.6 is 0 Å². The lowest BCUT2D eigenvalue weighted by Gasteiger charge is -2.14. The largest absolute Gasteiger partial charge is 0.397 e. The number of hydrogen-bond donors (Lipinski definition) is 4. The Hall–Kier alpha value is -3.63. The predicted octanol–water partition coefficient (Wildman–Crippen LogP) is 3.73. The van der Waals surface area contributed by atoms with E-state index in [2.05, 4.69) is 31.1 Å². The Labute approximate surface area is 162 Å². The first-order chi connectivity index (χ1) is 13.7. The van der Waals surface area contributed by atoms with E-state index in [1.807, 2.05) is 37.3 Å². The molecular formula is C18H17F3N6O2. The van der Waals surface area contributed by atoms with Crippen LogP contribution < -0.4 is 16.0 Å². The van der Waals surface area contributed by atoms with E-state index in [0.717, 1.165) is 5.56 Å². The molecule has 3 aromatic rings. The number of rotatable bonds is 5. The number of alkyl halides is 3. The Morgan fingerprint density at radius 1 is 1.17 bits per heavy atom. The van der Waals surface area contributed by atoms with Gasteiger partial charge in [0.25, 0.3) is 0 Å². The lowest BCUT2D eigenvalue weighted by atomic mass is 10.1. The first kappa shape index (κ1) is 20.1. The normalized spacial score (nSPS) is 12.4. The zero-order chi connectivity index (χ0) is 21.0. The van der Waals surface area contributed by atoms with Crippen LogP contribution in [0.1, 0.15) is 24.9 Å². The van der Waals surface area contributed by atoms with E-state index in [-0.39, 0.29) is 17.7 Å². The van der Waals surface area contributed by atoms with Gasteiger partial charge in [-0.15, -0.1) is 0 Å². The number of halogens is 3. The number of pyridine rings is 1. The van der Waals surface area contributed by atoms with Gasteiger partial charge in [-0.3, -0.25) is 15.2 Å². The van der Waals surface area contributed by atoms with E-state index in [0.29, 0.717) is 10.9 Å². The summed E-state index contributed by atoms with van der Waals surface area (Å²) in [5.74, 6) is -1.11. The molecule has 1 aromatic carbocycles. The molecule has 0 saturated heterocycles. The number of aromatic amines is 1. The number of anilines is 2. The highest BCUT2D eigenvalue weighted by molar-refractivity contribution is 6.00. The summed E-state index contributed by atoms with van der Waals surface area (Å²) in [6.07, 6.45) is -4.94. The zero-order valence-electron chi connectivity index (χ0n) is 15.2. The van der Waals surface area contributed by atoms with Gasteiger partial charge in [-0.25, -0.2) is 9.78 Å². The van der Waals surface area contributed by atoms with E-state index in [4.69, 9.17) is 0 Å². The second kappa shape index (κ2) is 8.17. The van der Waals surface area contributed by atoms with E-state index in [1.165, 1.54) is 12.3 Å². The van der Waals surface area contributed by atoms with Gasteiger partial charge >= 0.3 is 12.2 Å². The average Bonchev–Trinajstić information content (AvgIpc) is 3.02. The first-order valence-electron chi connectivity index (χ1n) is 8.54. The number of aromatic nitrogens is 3. The van der Waals surface area contributed by atoms with Crippen LogP contribution in [0, 0.1) is 0 Å². The molecule has 0 saturated carbocycles. The SMILES string of the molecule is C[C@@H](NC(=O)Nc1cc2[nH]nc(NC(=O)CC(F)(F)F)c2cn1)c1ccccc1. The van der Waals surface area contributed by atoms with Gasteiger partial charge in [0.05, 0.1) is 16.9 Å². The number of hydrogen-bond acceptors (Lipinski definition) is 4. The zero-order valence-corrected chi connectivity index (χ0v) is 15.2. The number of amides is 3. The number of nitrogens with one attached hydrogen (secondary N) is 4. The summed E-state index contributed by atoms with van der Waals surface area (Å²) in [5, 5.41) is 14.1. The molecule has 2 heterocycles. The maximum atomic E-state index is 12.3. The van der Waals surface area contributed by atoms with Gasteiger partial charge in [0, 0.05) is 12.3 Å². The van der Waals surface area contributed by atoms with Crippen LogP contribution in [-0.4, -0.2) is 33.3 Å². The number of carbonyl (C=O) groups is 2. The van der Waals surface area contributed by atoms with Crippen molar-refractivity contribution < 1.29 is 22.8 Å². The summed E-state index contributed by atoms with van der Waals surface area (Å²) in [6.45, 7) is 1.83. The van der Waals surface area contributed by atoms with Crippen LogP contribution in [0.5, 0.6) is 0 Å². The van der Waals surface area contributed by atoms with Crippen molar-refractivity contribution in [2.75, 3.05) is 10.6 Å². The Bertz CT molecular complexity index is 1020. The average molecular weight is 406 g/mol. The molecule has 11 heteroatoms. The molecule has 0 aliphatic rings. The van der Waals surface area contributed by atoms with Crippen molar-refractivity contribution in [3.05, 3.63) is 48.2 Å². The Morgan fingerprint density at radius 2 is 1.90 bits per heavy atom. The van der Waals surface area contributed by atoms with Crippen LogP contribution in [0.2, 0.25) is 0 Å². The Morgan fingerprint density at radius 3 is 2.59 bits per heavy atom. The van der Waals surface area contributed by atoms with E-state index in [1.54, 1.807) is 0 Å². The number of fused-ring (bicyclic) bond motifs is 1. The number of nitrogens with zero attached hydrogens (tertiary/aromatic N) is 2. The molecule has 8 nitrogen and oxygen atoms in total. The van der Waals surface area contributed by atoms with Crippen molar-refractivity contribution >= 4 is 34.5 Å². The Balaban J connectivity index is 1.64. The quantitative estimate of drug-likeness (QED) is 0.517. The van der Waals surface area contributed by atoms with Gasteiger partial charge in [-0.2, -0.15) is 18.3 Å². The molecule has 0 fully saturated rings. The molecule has 152 valence electrons. The molecule has 2 aromatic heterocycles. The monoisotopic (exact) mass is 406 g/mol. The summed E-state index contributed by atoms with van der Waals surface area (Å²) < 4.78 is 36.8. The van der Waals surface area contributed by atoms with E-state index < -0.39 is 24.5 Å².